The van der Waals surface area contributed by atoms with E-state index in [9.17, 15) is 13.2 Å². The molecule has 0 fully saturated rings. The molecule has 1 aromatic rings. The predicted octanol–water partition coefficient (Wildman–Crippen LogP) is 2.24. The van der Waals surface area contributed by atoms with Crippen molar-refractivity contribution in [2.45, 2.75) is 26.4 Å². The number of halogens is 3. The Bertz CT molecular complexity index is 308. The number of rotatable bonds is 4. The Morgan fingerprint density at radius 1 is 1.40 bits per heavy atom. The lowest BCUT2D eigenvalue weighted by molar-refractivity contribution is -0.128. The number of nitrogens with one attached hydrogen (secondary N) is 1. The van der Waals surface area contributed by atoms with Crippen molar-refractivity contribution in [1.29, 1.82) is 0 Å². The molecule has 1 heterocycles. The molecule has 0 aliphatic heterocycles. The van der Waals surface area contributed by atoms with E-state index < -0.39 is 12.6 Å². The summed E-state index contributed by atoms with van der Waals surface area (Å²) in [5.41, 5.74) is 0. The molecule has 0 saturated carbocycles. The normalized spacial score (nSPS) is 12.1. The van der Waals surface area contributed by atoms with Crippen LogP contribution in [0.4, 0.5) is 19.2 Å². The number of aromatic nitrogens is 2. The molecule has 7 heteroatoms. The molecule has 1 rings (SSSR count). The first kappa shape index (κ1) is 11.8. The Morgan fingerprint density at radius 2 is 2.07 bits per heavy atom. The molecule has 0 bridgehead atoms. The summed E-state index contributed by atoms with van der Waals surface area (Å²) in [5, 5.41) is 5.95. The third-order valence-corrected chi connectivity index (χ3v) is 1.49. The van der Waals surface area contributed by atoms with Gasteiger partial charge in [-0.1, -0.05) is 19.0 Å². The first-order valence-electron chi connectivity index (χ1n) is 4.50. The van der Waals surface area contributed by atoms with E-state index in [4.69, 9.17) is 0 Å². The molecule has 0 atom stereocenters. The summed E-state index contributed by atoms with van der Waals surface area (Å²) in [6.45, 7) is 4.49. The van der Waals surface area contributed by atoms with Crippen LogP contribution in [-0.2, 0) is 6.42 Å². The highest BCUT2D eigenvalue weighted by Crippen LogP contribution is 2.20. The van der Waals surface area contributed by atoms with Crippen molar-refractivity contribution in [3.63, 3.8) is 0 Å². The summed E-state index contributed by atoms with van der Waals surface area (Å²) in [7, 11) is 0. The fraction of sp³-hybridized carbons (Fsp3) is 0.750. The van der Waals surface area contributed by atoms with Crippen molar-refractivity contribution in [1.82, 2.24) is 10.1 Å². The molecule has 0 amide bonds. The minimum absolute atomic E-state index is 0.0305. The zero-order chi connectivity index (χ0) is 11.5. The fourth-order valence-corrected chi connectivity index (χ4v) is 0.868. The highest BCUT2D eigenvalue weighted by molar-refractivity contribution is 5.18. The van der Waals surface area contributed by atoms with Crippen LogP contribution in [0.15, 0.2) is 4.52 Å². The van der Waals surface area contributed by atoms with Crippen LogP contribution in [0, 0.1) is 5.92 Å². The van der Waals surface area contributed by atoms with Gasteiger partial charge in [0, 0.05) is 6.54 Å². The molecular formula is C8H12F3N3O. The Kier molecular flexibility index (Phi) is 3.54. The van der Waals surface area contributed by atoms with Crippen LogP contribution < -0.4 is 5.32 Å². The number of nitrogens with zero attached hydrogens (tertiary/aromatic N) is 2. The standard InChI is InChI=1S/C8H12F3N3O/c1-5(2)4-12-7-13-6(14-15-7)3-8(9,10)11/h5H,3-4H2,1-2H3,(H,12,13,14). The Hall–Kier alpha value is -1.27. The molecule has 86 valence electrons. The molecule has 1 N–H and O–H groups in total. The van der Waals surface area contributed by atoms with Crippen molar-refractivity contribution in [3.05, 3.63) is 5.82 Å². The maximum Gasteiger partial charge on any atom is 0.396 e. The van der Waals surface area contributed by atoms with Gasteiger partial charge in [0.25, 0.3) is 0 Å². The third-order valence-electron chi connectivity index (χ3n) is 1.49. The average molecular weight is 223 g/mol. The van der Waals surface area contributed by atoms with Gasteiger partial charge in [0.1, 0.15) is 6.42 Å². The summed E-state index contributed by atoms with van der Waals surface area (Å²) in [6, 6.07) is 0.0305. The van der Waals surface area contributed by atoms with Gasteiger partial charge in [-0.05, 0) is 5.92 Å². The van der Waals surface area contributed by atoms with Crippen LogP contribution in [-0.4, -0.2) is 22.9 Å². The van der Waals surface area contributed by atoms with E-state index in [2.05, 4.69) is 20.0 Å². The summed E-state index contributed by atoms with van der Waals surface area (Å²) >= 11 is 0. The molecule has 0 aliphatic carbocycles. The SMILES string of the molecule is CC(C)CNc1nc(CC(F)(F)F)no1. The molecule has 15 heavy (non-hydrogen) atoms. The summed E-state index contributed by atoms with van der Waals surface area (Å²) < 4.78 is 40.4. The van der Waals surface area contributed by atoms with Gasteiger partial charge in [-0.25, -0.2) is 0 Å². The maximum absolute atomic E-state index is 11.9. The molecule has 1 aromatic heterocycles. The lowest BCUT2D eigenvalue weighted by Crippen LogP contribution is -2.13. The van der Waals surface area contributed by atoms with E-state index in [1.165, 1.54) is 0 Å². The lowest BCUT2D eigenvalue weighted by atomic mass is 10.2. The molecule has 0 aromatic carbocycles. The second-order valence-electron chi connectivity index (χ2n) is 3.58. The highest BCUT2D eigenvalue weighted by atomic mass is 19.4. The number of hydrogen-bond acceptors (Lipinski definition) is 4. The molecule has 0 saturated heterocycles. The number of anilines is 1. The van der Waals surface area contributed by atoms with Crippen molar-refractivity contribution in [2.75, 3.05) is 11.9 Å². The first-order valence-corrected chi connectivity index (χ1v) is 4.50. The Morgan fingerprint density at radius 3 is 2.60 bits per heavy atom. The topological polar surface area (TPSA) is 51.0 Å². The van der Waals surface area contributed by atoms with E-state index in [0.29, 0.717) is 12.5 Å². The smallest absolute Gasteiger partial charge is 0.338 e. The van der Waals surface area contributed by atoms with Gasteiger partial charge in [0.05, 0.1) is 0 Å². The zero-order valence-corrected chi connectivity index (χ0v) is 8.43. The highest BCUT2D eigenvalue weighted by Gasteiger charge is 2.30. The molecule has 0 radical (unpaired) electrons. The van der Waals surface area contributed by atoms with Crippen LogP contribution in [0.1, 0.15) is 19.7 Å². The van der Waals surface area contributed by atoms with Gasteiger partial charge >= 0.3 is 12.2 Å². The van der Waals surface area contributed by atoms with Gasteiger partial charge in [0.15, 0.2) is 5.82 Å². The lowest BCUT2D eigenvalue weighted by Gasteiger charge is -2.02. The first-order chi connectivity index (χ1) is 6.87. The van der Waals surface area contributed by atoms with Crippen LogP contribution in [0.2, 0.25) is 0 Å². The van der Waals surface area contributed by atoms with Gasteiger partial charge in [0.2, 0.25) is 0 Å². The minimum Gasteiger partial charge on any atom is -0.338 e. The average Bonchev–Trinajstić information content (AvgIpc) is 2.45. The second kappa shape index (κ2) is 4.50. The van der Waals surface area contributed by atoms with Crippen molar-refractivity contribution in [3.8, 4) is 0 Å². The van der Waals surface area contributed by atoms with Crippen LogP contribution >= 0.6 is 0 Å². The molecular weight excluding hydrogens is 211 g/mol. The number of hydrogen-bond donors (Lipinski definition) is 1. The predicted molar refractivity (Wildman–Crippen MR) is 47.4 cm³/mol. The summed E-state index contributed by atoms with van der Waals surface area (Å²) in [4.78, 5) is 3.56. The van der Waals surface area contributed by atoms with Crippen LogP contribution in [0.3, 0.4) is 0 Å². The van der Waals surface area contributed by atoms with Crippen molar-refractivity contribution >= 4 is 6.01 Å². The van der Waals surface area contributed by atoms with Crippen molar-refractivity contribution < 1.29 is 17.7 Å². The summed E-state index contributed by atoms with van der Waals surface area (Å²) in [6.07, 6.45) is -5.47. The molecule has 4 nitrogen and oxygen atoms in total. The monoisotopic (exact) mass is 223 g/mol. The van der Waals surface area contributed by atoms with E-state index in [1.807, 2.05) is 13.8 Å². The van der Waals surface area contributed by atoms with Crippen LogP contribution in [0.5, 0.6) is 0 Å². The fourth-order valence-electron chi connectivity index (χ4n) is 0.868. The van der Waals surface area contributed by atoms with E-state index in [0.717, 1.165) is 0 Å². The Labute approximate surface area is 84.9 Å². The van der Waals surface area contributed by atoms with Gasteiger partial charge < -0.3 is 9.84 Å². The number of alkyl halides is 3. The van der Waals surface area contributed by atoms with Crippen molar-refractivity contribution in [2.24, 2.45) is 5.92 Å². The van der Waals surface area contributed by atoms with Gasteiger partial charge in [-0.15, -0.1) is 0 Å². The maximum atomic E-state index is 11.9. The zero-order valence-electron chi connectivity index (χ0n) is 8.43. The second-order valence-corrected chi connectivity index (χ2v) is 3.58. The minimum atomic E-state index is -4.31. The van der Waals surface area contributed by atoms with Gasteiger partial charge in [-0.3, -0.25) is 0 Å². The van der Waals surface area contributed by atoms with E-state index >= 15 is 0 Å². The van der Waals surface area contributed by atoms with E-state index in [-0.39, 0.29) is 11.8 Å². The molecule has 0 spiro atoms. The van der Waals surface area contributed by atoms with Gasteiger partial charge in [-0.2, -0.15) is 18.2 Å². The van der Waals surface area contributed by atoms with Crippen LogP contribution in [0.25, 0.3) is 0 Å². The molecule has 0 unspecified atom stereocenters. The quantitative estimate of drug-likeness (QED) is 0.850. The summed E-state index contributed by atoms with van der Waals surface area (Å²) in [5.74, 6) is -0.00303. The third kappa shape index (κ3) is 4.66. The molecule has 0 aliphatic rings. The largest absolute Gasteiger partial charge is 0.396 e. The Balaban J connectivity index is 2.49. The van der Waals surface area contributed by atoms with E-state index in [1.54, 1.807) is 0 Å².